The predicted molar refractivity (Wildman–Crippen MR) is 96.4 cm³/mol. The number of ether oxygens (including phenoxy) is 2. The Morgan fingerprint density at radius 3 is 1.28 bits per heavy atom. The molecule has 2 aromatic carbocycles. The number of hydrogen-bond donors (Lipinski definition) is 0. The van der Waals surface area contributed by atoms with E-state index in [-0.39, 0.29) is 0 Å². The van der Waals surface area contributed by atoms with Crippen LogP contribution in [0.4, 0.5) is 11.4 Å². The Bertz CT molecular complexity index is 652. The van der Waals surface area contributed by atoms with E-state index in [1.807, 2.05) is 0 Å². The van der Waals surface area contributed by atoms with Crippen LogP contribution in [-0.4, -0.2) is 13.2 Å². The minimum absolute atomic E-state index is 0.522. The van der Waals surface area contributed by atoms with Crippen molar-refractivity contribution in [3.8, 4) is 11.5 Å². The summed E-state index contributed by atoms with van der Waals surface area (Å²) in [7, 11) is 0. The first-order valence-corrected chi connectivity index (χ1v) is 8.48. The van der Waals surface area contributed by atoms with Gasteiger partial charge in [-0.25, -0.2) is 0 Å². The molecule has 0 atom stereocenters. The number of diazo groups is 2. The van der Waals surface area contributed by atoms with Crippen LogP contribution >= 0.6 is 0 Å². The Labute approximate surface area is 147 Å². The summed E-state index contributed by atoms with van der Waals surface area (Å²) in [5.74, 6) is 1.58. The van der Waals surface area contributed by atoms with Crippen molar-refractivity contribution in [2.45, 2.75) is 32.1 Å². The first-order valence-electron chi connectivity index (χ1n) is 8.48. The summed E-state index contributed by atoms with van der Waals surface area (Å²) >= 11 is 0. The van der Waals surface area contributed by atoms with Crippen LogP contribution in [0.25, 0.3) is 9.95 Å². The maximum atomic E-state index is 8.61. The lowest BCUT2D eigenvalue weighted by molar-refractivity contribution is 0.293. The predicted octanol–water partition coefficient (Wildman–Crippen LogP) is 6.06. The molecule has 0 saturated carbocycles. The first kappa shape index (κ1) is 18.2. The van der Waals surface area contributed by atoms with Crippen LogP contribution in [0.3, 0.4) is 0 Å². The van der Waals surface area contributed by atoms with Crippen LogP contribution in [0.2, 0.25) is 0 Å². The molecule has 2 rings (SSSR count). The molecule has 6 heteroatoms. The molecule has 0 amide bonds. The second kappa shape index (κ2) is 10.6. The van der Waals surface area contributed by atoms with E-state index in [0.717, 1.165) is 43.6 Å². The van der Waals surface area contributed by atoms with Crippen LogP contribution in [0.15, 0.2) is 48.5 Å². The molecule has 0 spiro atoms. The Morgan fingerprint density at radius 1 is 0.560 bits per heavy atom. The van der Waals surface area contributed by atoms with E-state index in [2.05, 4.69) is 9.95 Å². The van der Waals surface area contributed by atoms with Crippen LogP contribution in [0, 0.1) is 10.8 Å². The monoisotopic (exact) mass is 338 g/mol. The van der Waals surface area contributed by atoms with Gasteiger partial charge in [-0.15, -0.1) is 0 Å². The standard InChI is InChI=1S/C19H22N4O2/c20-22-16-6-10-18(11-7-16)24-14-4-2-1-3-5-15-25-19-12-8-17(23-21)9-13-19/h6-13H,1-5,14-15H2/q+2. The van der Waals surface area contributed by atoms with Gasteiger partial charge in [0.05, 0.1) is 13.2 Å². The van der Waals surface area contributed by atoms with Crippen molar-refractivity contribution in [3.63, 3.8) is 0 Å². The fourth-order valence-electron chi connectivity index (χ4n) is 2.33. The summed E-state index contributed by atoms with van der Waals surface area (Å²) in [6, 6.07) is 14.0. The van der Waals surface area contributed by atoms with Gasteiger partial charge in [0.1, 0.15) is 11.5 Å². The first-order chi connectivity index (χ1) is 12.3. The smallest absolute Gasteiger partial charge is 0.385 e. The largest absolute Gasteiger partial charge is 0.494 e. The SMILES string of the molecule is N#[N+]c1ccc(OCCCCCCCOc2ccc([N+]#N)cc2)cc1. The van der Waals surface area contributed by atoms with Gasteiger partial charge in [-0.1, -0.05) is 19.3 Å². The number of nitrogens with zero attached hydrogens (tertiary/aromatic N) is 4. The summed E-state index contributed by atoms with van der Waals surface area (Å²) in [6.45, 7) is 1.38. The third-order valence-electron chi connectivity index (χ3n) is 3.73. The molecule has 2 aromatic rings. The topological polar surface area (TPSA) is 74.8 Å². The van der Waals surface area contributed by atoms with E-state index in [1.165, 1.54) is 0 Å². The lowest BCUT2D eigenvalue weighted by atomic mass is 10.1. The molecular formula is C19H22N4O2+2. The van der Waals surface area contributed by atoms with E-state index in [9.17, 15) is 0 Å². The quantitative estimate of drug-likeness (QED) is 0.389. The van der Waals surface area contributed by atoms with Crippen molar-refractivity contribution in [1.29, 1.82) is 10.8 Å². The molecule has 0 aliphatic heterocycles. The van der Waals surface area contributed by atoms with Gasteiger partial charge in [-0.3, -0.25) is 0 Å². The molecular weight excluding hydrogens is 316 g/mol. The lowest BCUT2D eigenvalue weighted by Crippen LogP contribution is -1.99. The van der Waals surface area contributed by atoms with Gasteiger partial charge in [-0.05, 0) is 37.1 Å². The van der Waals surface area contributed by atoms with Crippen molar-refractivity contribution in [2.75, 3.05) is 13.2 Å². The zero-order valence-corrected chi connectivity index (χ0v) is 14.2. The Hall–Kier alpha value is -3.12. The zero-order chi connectivity index (χ0) is 17.7. The Kier molecular flexibility index (Phi) is 7.74. The fraction of sp³-hybridized carbons (Fsp3) is 0.368. The minimum Gasteiger partial charge on any atom is -0.494 e. The van der Waals surface area contributed by atoms with Crippen molar-refractivity contribution in [1.82, 2.24) is 0 Å². The second-order valence-electron chi connectivity index (χ2n) is 5.65. The zero-order valence-electron chi connectivity index (χ0n) is 14.2. The highest BCUT2D eigenvalue weighted by Crippen LogP contribution is 2.19. The Morgan fingerprint density at radius 2 is 0.920 bits per heavy atom. The summed E-state index contributed by atoms with van der Waals surface area (Å²) in [5, 5.41) is 17.2. The van der Waals surface area contributed by atoms with Crippen molar-refractivity contribution >= 4 is 11.4 Å². The van der Waals surface area contributed by atoms with Crippen molar-refractivity contribution < 1.29 is 9.47 Å². The van der Waals surface area contributed by atoms with Crippen molar-refractivity contribution in [3.05, 3.63) is 58.5 Å². The van der Waals surface area contributed by atoms with Crippen LogP contribution in [0.5, 0.6) is 11.5 Å². The van der Waals surface area contributed by atoms with E-state index in [1.54, 1.807) is 48.5 Å². The Balaban J connectivity index is 1.46. The van der Waals surface area contributed by atoms with Crippen LogP contribution in [0.1, 0.15) is 32.1 Å². The molecule has 0 unspecified atom stereocenters. The average molecular weight is 338 g/mol. The van der Waals surface area contributed by atoms with Gasteiger partial charge in [0.2, 0.25) is 10.8 Å². The van der Waals surface area contributed by atoms with E-state index in [4.69, 9.17) is 20.3 Å². The molecule has 0 aliphatic rings. The lowest BCUT2D eigenvalue weighted by Gasteiger charge is -2.06. The van der Waals surface area contributed by atoms with Gasteiger partial charge in [-0.2, -0.15) is 0 Å². The van der Waals surface area contributed by atoms with E-state index >= 15 is 0 Å². The summed E-state index contributed by atoms with van der Waals surface area (Å²) < 4.78 is 11.3. The van der Waals surface area contributed by atoms with Crippen molar-refractivity contribution in [2.24, 2.45) is 0 Å². The highest BCUT2D eigenvalue weighted by molar-refractivity contribution is 5.46. The number of rotatable bonds is 10. The summed E-state index contributed by atoms with van der Waals surface area (Å²) in [6.07, 6.45) is 5.42. The van der Waals surface area contributed by atoms with Gasteiger partial charge in [0.25, 0.3) is 0 Å². The molecule has 0 bridgehead atoms. The third kappa shape index (κ3) is 6.88. The van der Waals surface area contributed by atoms with E-state index in [0.29, 0.717) is 24.6 Å². The molecule has 0 saturated heterocycles. The number of benzene rings is 2. The molecule has 0 N–H and O–H groups in total. The molecule has 0 fully saturated rings. The van der Waals surface area contributed by atoms with Gasteiger partial charge in [0.15, 0.2) is 9.95 Å². The van der Waals surface area contributed by atoms with Gasteiger partial charge >= 0.3 is 11.4 Å². The number of hydrogen-bond acceptors (Lipinski definition) is 4. The number of unbranched alkanes of at least 4 members (excludes halogenated alkanes) is 4. The summed E-state index contributed by atoms with van der Waals surface area (Å²) in [5.41, 5.74) is 1.04. The average Bonchev–Trinajstić information content (AvgIpc) is 2.67. The third-order valence-corrected chi connectivity index (χ3v) is 3.73. The maximum Gasteiger partial charge on any atom is 0.385 e. The molecule has 0 radical (unpaired) electrons. The molecule has 128 valence electrons. The molecule has 25 heavy (non-hydrogen) atoms. The normalized spacial score (nSPS) is 9.84. The second-order valence-corrected chi connectivity index (χ2v) is 5.65. The van der Waals surface area contributed by atoms with E-state index < -0.39 is 0 Å². The van der Waals surface area contributed by atoms with Gasteiger partial charge in [0, 0.05) is 24.3 Å². The van der Waals surface area contributed by atoms with Gasteiger partial charge < -0.3 is 9.47 Å². The molecule has 0 aromatic heterocycles. The molecule has 0 heterocycles. The molecule has 0 aliphatic carbocycles. The van der Waals surface area contributed by atoms with Crippen LogP contribution in [-0.2, 0) is 0 Å². The minimum atomic E-state index is 0.522. The highest BCUT2D eigenvalue weighted by Gasteiger charge is 2.04. The van der Waals surface area contributed by atoms with Crippen LogP contribution < -0.4 is 9.47 Å². The maximum absolute atomic E-state index is 8.61. The molecule has 6 nitrogen and oxygen atoms in total. The highest BCUT2D eigenvalue weighted by atomic mass is 16.5. The fourth-order valence-corrected chi connectivity index (χ4v) is 2.33. The summed E-state index contributed by atoms with van der Waals surface area (Å²) in [4.78, 5) is 6.21.